The van der Waals surface area contributed by atoms with Gasteiger partial charge in [-0.2, -0.15) is 5.10 Å². The number of carbonyl (C=O) groups excluding carboxylic acids is 2. The molecule has 1 aromatic carbocycles. The summed E-state index contributed by atoms with van der Waals surface area (Å²) in [4.78, 5) is 24.6. The van der Waals surface area contributed by atoms with E-state index in [9.17, 15) is 9.59 Å². The zero-order chi connectivity index (χ0) is 18.0. The highest BCUT2D eigenvalue weighted by molar-refractivity contribution is 6.06. The maximum atomic E-state index is 12.6. The molecule has 25 heavy (non-hydrogen) atoms. The Morgan fingerprint density at radius 1 is 1.36 bits per heavy atom. The number of nitrogens with one attached hydrogen (secondary N) is 2. The zero-order valence-electron chi connectivity index (χ0n) is 14.9. The highest BCUT2D eigenvalue weighted by Crippen LogP contribution is 2.22. The molecule has 132 valence electrons. The first-order valence-corrected chi connectivity index (χ1v) is 8.81. The molecule has 3 rings (SSSR count). The van der Waals surface area contributed by atoms with Gasteiger partial charge >= 0.3 is 0 Å². The molecule has 1 aliphatic rings. The summed E-state index contributed by atoms with van der Waals surface area (Å²) in [6.45, 7) is 6.81. The SMILES string of the molecule is CCC(CC)n1ncc(C(=O)Nc2ccc3c(c2)C(=O)NCC3)c1C. The van der Waals surface area contributed by atoms with Crippen molar-refractivity contribution in [2.24, 2.45) is 0 Å². The molecule has 0 saturated heterocycles. The van der Waals surface area contributed by atoms with Gasteiger partial charge in [0.15, 0.2) is 0 Å². The van der Waals surface area contributed by atoms with Crippen LogP contribution in [0.2, 0.25) is 0 Å². The first kappa shape index (κ1) is 17.2. The molecule has 0 fully saturated rings. The van der Waals surface area contributed by atoms with Crippen molar-refractivity contribution in [3.8, 4) is 0 Å². The number of nitrogens with zero attached hydrogens (tertiary/aromatic N) is 2. The minimum atomic E-state index is -0.203. The fraction of sp³-hybridized carbons (Fsp3) is 0.421. The van der Waals surface area contributed by atoms with Crippen molar-refractivity contribution in [1.29, 1.82) is 0 Å². The van der Waals surface area contributed by atoms with Gasteiger partial charge in [-0.15, -0.1) is 0 Å². The third kappa shape index (κ3) is 3.29. The molecular weight excluding hydrogens is 316 g/mol. The topological polar surface area (TPSA) is 76.0 Å². The normalized spacial score (nSPS) is 13.5. The summed E-state index contributed by atoms with van der Waals surface area (Å²) in [5, 5.41) is 10.1. The Hall–Kier alpha value is -2.63. The number of rotatable bonds is 5. The van der Waals surface area contributed by atoms with Crippen molar-refractivity contribution >= 4 is 17.5 Å². The van der Waals surface area contributed by atoms with Crippen LogP contribution < -0.4 is 10.6 Å². The number of benzene rings is 1. The summed E-state index contributed by atoms with van der Waals surface area (Å²) in [5.41, 5.74) is 3.69. The van der Waals surface area contributed by atoms with E-state index in [-0.39, 0.29) is 11.8 Å². The van der Waals surface area contributed by atoms with E-state index in [1.165, 1.54) is 0 Å². The molecule has 1 aromatic heterocycles. The second kappa shape index (κ2) is 7.09. The lowest BCUT2D eigenvalue weighted by Crippen LogP contribution is -2.31. The van der Waals surface area contributed by atoms with Crippen LogP contribution in [0.4, 0.5) is 5.69 Å². The number of hydrogen-bond acceptors (Lipinski definition) is 3. The lowest BCUT2D eigenvalue weighted by atomic mass is 10.00. The van der Waals surface area contributed by atoms with Crippen LogP contribution in [0.1, 0.15) is 64.7 Å². The summed E-state index contributed by atoms with van der Waals surface area (Å²) in [6, 6.07) is 5.79. The molecule has 1 aliphatic heterocycles. The van der Waals surface area contributed by atoms with Crippen molar-refractivity contribution in [1.82, 2.24) is 15.1 Å². The predicted molar refractivity (Wildman–Crippen MR) is 97.0 cm³/mol. The Balaban J connectivity index is 1.81. The van der Waals surface area contributed by atoms with Crippen LogP contribution >= 0.6 is 0 Å². The van der Waals surface area contributed by atoms with Gasteiger partial charge < -0.3 is 10.6 Å². The number of aromatic nitrogens is 2. The molecule has 0 atom stereocenters. The van der Waals surface area contributed by atoms with Crippen LogP contribution in [0.5, 0.6) is 0 Å². The largest absolute Gasteiger partial charge is 0.352 e. The second-order valence-corrected chi connectivity index (χ2v) is 6.39. The van der Waals surface area contributed by atoms with Crippen molar-refractivity contribution < 1.29 is 9.59 Å². The highest BCUT2D eigenvalue weighted by atomic mass is 16.2. The number of carbonyl (C=O) groups is 2. The van der Waals surface area contributed by atoms with Gasteiger partial charge in [0.1, 0.15) is 0 Å². The monoisotopic (exact) mass is 340 g/mol. The molecule has 6 heteroatoms. The van der Waals surface area contributed by atoms with Gasteiger partial charge in [0, 0.05) is 23.5 Å². The van der Waals surface area contributed by atoms with Gasteiger partial charge in [-0.05, 0) is 43.9 Å². The fourth-order valence-corrected chi connectivity index (χ4v) is 3.34. The Kier molecular flexibility index (Phi) is 4.88. The van der Waals surface area contributed by atoms with E-state index >= 15 is 0 Å². The van der Waals surface area contributed by atoms with Crippen molar-refractivity contribution in [2.45, 2.75) is 46.1 Å². The first-order chi connectivity index (χ1) is 12.0. The zero-order valence-corrected chi connectivity index (χ0v) is 14.9. The first-order valence-electron chi connectivity index (χ1n) is 8.81. The second-order valence-electron chi connectivity index (χ2n) is 6.39. The molecular formula is C19H24N4O2. The van der Waals surface area contributed by atoms with Gasteiger partial charge in [0.2, 0.25) is 0 Å². The number of hydrogen-bond donors (Lipinski definition) is 2. The van der Waals surface area contributed by atoms with E-state index in [0.717, 1.165) is 30.5 Å². The lowest BCUT2D eigenvalue weighted by molar-refractivity contribution is 0.0944. The van der Waals surface area contributed by atoms with Crippen molar-refractivity contribution in [3.05, 3.63) is 46.8 Å². The van der Waals surface area contributed by atoms with Gasteiger partial charge in [-0.3, -0.25) is 14.3 Å². The van der Waals surface area contributed by atoms with E-state index in [4.69, 9.17) is 0 Å². The Bertz CT molecular complexity index is 806. The third-order valence-corrected chi connectivity index (χ3v) is 4.87. The van der Waals surface area contributed by atoms with Crippen LogP contribution in [0.3, 0.4) is 0 Å². The van der Waals surface area contributed by atoms with Crippen molar-refractivity contribution in [3.63, 3.8) is 0 Å². The summed E-state index contributed by atoms with van der Waals surface area (Å²) < 4.78 is 1.93. The summed E-state index contributed by atoms with van der Waals surface area (Å²) in [7, 11) is 0. The van der Waals surface area contributed by atoms with Crippen LogP contribution in [-0.2, 0) is 6.42 Å². The molecule has 0 bridgehead atoms. The van der Waals surface area contributed by atoms with Crippen LogP contribution in [-0.4, -0.2) is 28.1 Å². The molecule has 2 heterocycles. The number of fused-ring (bicyclic) bond motifs is 1. The maximum Gasteiger partial charge on any atom is 0.259 e. The molecule has 0 radical (unpaired) electrons. The molecule has 0 spiro atoms. The van der Waals surface area contributed by atoms with Crippen LogP contribution in [0.15, 0.2) is 24.4 Å². The van der Waals surface area contributed by atoms with E-state index < -0.39 is 0 Å². The van der Waals surface area contributed by atoms with Crippen LogP contribution in [0, 0.1) is 6.92 Å². The average molecular weight is 340 g/mol. The average Bonchev–Trinajstić information content (AvgIpc) is 2.99. The van der Waals surface area contributed by atoms with Crippen molar-refractivity contribution in [2.75, 3.05) is 11.9 Å². The Morgan fingerprint density at radius 2 is 2.12 bits per heavy atom. The minimum Gasteiger partial charge on any atom is -0.352 e. The summed E-state index contributed by atoms with van der Waals surface area (Å²) >= 11 is 0. The summed E-state index contributed by atoms with van der Waals surface area (Å²) in [6.07, 6.45) is 4.38. The molecule has 0 aliphatic carbocycles. The number of anilines is 1. The highest BCUT2D eigenvalue weighted by Gasteiger charge is 2.20. The Labute approximate surface area is 147 Å². The van der Waals surface area contributed by atoms with E-state index in [0.29, 0.717) is 29.4 Å². The minimum absolute atomic E-state index is 0.0879. The molecule has 2 aromatic rings. The smallest absolute Gasteiger partial charge is 0.259 e. The Morgan fingerprint density at radius 3 is 2.84 bits per heavy atom. The standard InChI is InChI=1S/C19H24N4O2/c1-4-15(5-2)23-12(3)17(11-21-23)19(25)22-14-7-6-13-8-9-20-18(24)16(13)10-14/h6-7,10-11,15H,4-5,8-9H2,1-3H3,(H,20,24)(H,22,25). The van der Waals surface area contributed by atoms with Gasteiger partial charge in [0.05, 0.1) is 17.8 Å². The predicted octanol–water partition coefficient (Wildman–Crippen LogP) is 3.09. The maximum absolute atomic E-state index is 12.6. The molecule has 2 amide bonds. The van der Waals surface area contributed by atoms with E-state index in [2.05, 4.69) is 29.6 Å². The summed E-state index contributed by atoms with van der Waals surface area (Å²) in [5.74, 6) is -0.291. The fourth-order valence-electron chi connectivity index (χ4n) is 3.34. The molecule has 6 nitrogen and oxygen atoms in total. The van der Waals surface area contributed by atoms with Gasteiger partial charge in [0.25, 0.3) is 11.8 Å². The molecule has 0 unspecified atom stereocenters. The van der Waals surface area contributed by atoms with E-state index in [1.54, 1.807) is 12.3 Å². The number of amides is 2. The van der Waals surface area contributed by atoms with Gasteiger partial charge in [-0.25, -0.2) is 0 Å². The lowest BCUT2D eigenvalue weighted by Gasteiger charge is -2.17. The molecule has 2 N–H and O–H groups in total. The third-order valence-electron chi connectivity index (χ3n) is 4.87. The van der Waals surface area contributed by atoms with E-state index in [1.807, 2.05) is 23.7 Å². The van der Waals surface area contributed by atoms with Crippen LogP contribution in [0.25, 0.3) is 0 Å². The quantitative estimate of drug-likeness (QED) is 0.878. The molecule has 0 saturated carbocycles. The van der Waals surface area contributed by atoms with Gasteiger partial charge in [-0.1, -0.05) is 19.9 Å².